The molecule has 2 aromatic rings. The maximum absolute atomic E-state index is 12.6. The maximum Gasteiger partial charge on any atom is 0.573 e. The number of carbonyl (C=O) groups is 2. The van der Waals surface area contributed by atoms with Crippen LogP contribution in [0.2, 0.25) is 0 Å². The number of hydrogen-bond donors (Lipinski definition) is 2. The first-order valence-corrected chi connectivity index (χ1v) is 9.46. The van der Waals surface area contributed by atoms with Crippen molar-refractivity contribution in [3.05, 3.63) is 65.7 Å². The molecule has 10 heteroatoms. The molecule has 0 bridgehead atoms. The summed E-state index contributed by atoms with van der Waals surface area (Å²) in [7, 11) is 0. The van der Waals surface area contributed by atoms with Crippen molar-refractivity contribution in [1.82, 2.24) is 9.80 Å². The van der Waals surface area contributed by atoms with Gasteiger partial charge in [-0.15, -0.1) is 13.2 Å². The zero-order valence-corrected chi connectivity index (χ0v) is 16.3. The van der Waals surface area contributed by atoms with E-state index >= 15 is 0 Å². The van der Waals surface area contributed by atoms with Gasteiger partial charge in [-0.05, 0) is 23.3 Å². The Morgan fingerprint density at radius 2 is 1.68 bits per heavy atom. The fourth-order valence-electron chi connectivity index (χ4n) is 3.48. The second-order valence-corrected chi connectivity index (χ2v) is 7.20. The van der Waals surface area contributed by atoms with Crippen LogP contribution in [0.1, 0.15) is 11.1 Å². The van der Waals surface area contributed by atoms with Gasteiger partial charge in [0.05, 0.1) is 18.6 Å². The Kier molecular flexibility index (Phi) is 6.69. The topological polar surface area (TPSA) is 90.3 Å². The number of halogens is 3. The number of hydrogen-bond acceptors (Lipinski definition) is 4. The molecule has 166 valence electrons. The summed E-state index contributed by atoms with van der Waals surface area (Å²) in [6.45, 7) is 0.0618. The van der Waals surface area contributed by atoms with E-state index in [1.54, 1.807) is 30.3 Å². The van der Waals surface area contributed by atoms with Gasteiger partial charge in [0.25, 0.3) is 0 Å². The highest BCUT2D eigenvalue weighted by molar-refractivity contribution is 5.79. The van der Waals surface area contributed by atoms with Gasteiger partial charge in [-0.3, -0.25) is 9.69 Å². The van der Waals surface area contributed by atoms with E-state index in [1.165, 1.54) is 17.0 Å². The van der Waals surface area contributed by atoms with Gasteiger partial charge in [0, 0.05) is 19.6 Å². The number of carboxylic acid groups (broad SMARTS) is 1. The third kappa shape index (κ3) is 6.11. The molecule has 0 aliphatic carbocycles. The Hall–Kier alpha value is -3.27. The van der Waals surface area contributed by atoms with Crippen LogP contribution in [0.3, 0.4) is 0 Å². The molecule has 1 fully saturated rings. The molecule has 7 nitrogen and oxygen atoms in total. The number of aliphatic hydroxyl groups excluding tert-OH is 1. The molecule has 1 saturated heterocycles. The van der Waals surface area contributed by atoms with Crippen LogP contribution < -0.4 is 4.74 Å². The fourth-order valence-corrected chi connectivity index (χ4v) is 3.48. The number of β-amino-alcohol motifs (C(OH)–C–C–N with tert-alkyl or cyclic N) is 1. The van der Waals surface area contributed by atoms with Gasteiger partial charge < -0.3 is 19.8 Å². The molecule has 1 heterocycles. The van der Waals surface area contributed by atoms with Gasteiger partial charge in [0.1, 0.15) is 5.75 Å². The lowest BCUT2D eigenvalue weighted by atomic mass is 10.1. The molecular weight excluding hydrogens is 417 g/mol. The molecule has 0 saturated carbocycles. The third-order valence-electron chi connectivity index (χ3n) is 4.97. The second-order valence-electron chi connectivity index (χ2n) is 7.20. The minimum absolute atomic E-state index is 0.0222. The minimum atomic E-state index is -4.80. The molecule has 0 unspecified atom stereocenters. The number of carbonyl (C=O) groups excluding carboxylic acids is 1. The third-order valence-corrected chi connectivity index (χ3v) is 4.97. The van der Waals surface area contributed by atoms with Crippen LogP contribution in [-0.4, -0.2) is 63.6 Å². The standard InChI is InChI=1S/C21H21F3N2O5/c22-21(23,24)31-16-8-6-14(7-9-16)10-19(28)25-12-17(18(27)13-25)26(20(29)30)11-15-4-2-1-3-5-15/h1-9,17-18,27H,10-13H2,(H,29,30)/t17-,18-/m1/s1. The van der Waals surface area contributed by atoms with E-state index < -0.39 is 30.4 Å². The van der Waals surface area contributed by atoms with Gasteiger partial charge in [-0.25, -0.2) is 4.79 Å². The summed E-state index contributed by atoms with van der Waals surface area (Å²) in [4.78, 5) is 26.8. The highest BCUT2D eigenvalue weighted by Crippen LogP contribution is 2.24. The van der Waals surface area contributed by atoms with Crippen molar-refractivity contribution in [2.24, 2.45) is 0 Å². The molecule has 0 aromatic heterocycles. The van der Waals surface area contributed by atoms with E-state index in [4.69, 9.17) is 0 Å². The molecule has 2 aromatic carbocycles. The normalized spacial score (nSPS) is 18.6. The van der Waals surface area contributed by atoms with Crippen molar-refractivity contribution in [2.45, 2.75) is 31.5 Å². The maximum atomic E-state index is 12.6. The van der Waals surface area contributed by atoms with Crippen molar-refractivity contribution in [2.75, 3.05) is 13.1 Å². The van der Waals surface area contributed by atoms with E-state index in [0.29, 0.717) is 5.56 Å². The average Bonchev–Trinajstić information content (AvgIpc) is 3.08. The van der Waals surface area contributed by atoms with Gasteiger partial charge >= 0.3 is 12.5 Å². The Labute approximate surface area is 176 Å². The molecule has 0 spiro atoms. The monoisotopic (exact) mass is 438 g/mol. The largest absolute Gasteiger partial charge is 0.573 e. The summed E-state index contributed by atoms with van der Waals surface area (Å²) in [5.41, 5.74) is 1.22. The summed E-state index contributed by atoms with van der Waals surface area (Å²) >= 11 is 0. The van der Waals surface area contributed by atoms with Crippen LogP contribution >= 0.6 is 0 Å². The molecule has 1 aliphatic heterocycles. The van der Waals surface area contributed by atoms with Crippen molar-refractivity contribution >= 4 is 12.0 Å². The zero-order chi connectivity index (χ0) is 22.6. The highest BCUT2D eigenvalue weighted by Gasteiger charge is 2.39. The number of benzene rings is 2. The minimum Gasteiger partial charge on any atom is -0.465 e. The van der Waals surface area contributed by atoms with Crippen LogP contribution in [0.4, 0.5) is 18.0 Å². The highest BCUT2D eigenvalue weighted by atomic mass is 19.4. The summed E-state index contributed by atoms with van der Waals surface area (Å²) in [5, 5.41) is 20.0. The summed E-state index contributed by atoms with van der Waals surface area (Å²) in [6.07, 6.45) is -7.15. The van der Waals surface area contributed by atoms with E-state index in [1.807, 2.05) is 0 Å². The van der Waals surface area contributed by atoms with E-state index in [0.717, 1.165) is 22.6 Å². The molecule has 2 atom stereocenters. The molecule has 3 rings (SSSR count). The SMILES string of the molecule is O=C(Cc1ccc(OC(F)(F)F)cc1)N1C[C@@H](O)[C@H](N(Cc2ccccc2)C(=O)O)C1. The van der Waals surface area contributed by atoms with Crippen LogP contribution in [-0.2, 0) is 17.8 Å². The van der Waals surface area contributed by atoms with E-state index in [2.05, 4.69) is 4.74 Å². The van der Waals surface area contributed by atoms with Crippen LogP contribution in [0.15, 0.2) is 54.6 Å². The van der Waals surface area contributed by atoms with Gasteiger partial charge in [-0.2, -0.15) is 0 Å². The molecule has 31 heavy (non-hydrogen) atoms. The first kappa shape index (κ1) is 22.4. The number of aliphatic hydroxyl groups is 1. The lowest BCUT2D eigenvalue weighted by Crippen LogP contribution is -2.46. The fraction of sp³-hybridized carbons (Fsp3) is 0.333. The number of likely N-dealkylation sites (tertiary alicyclic amines) is 1. The Morgan fingerprint density at radius 1 is 1.03 bits per heavy atom. The number of rotatable bonds is 6. The quantitative estimate of drug-likeness (QED) is 0.724. The number of alkyl halides is 3. The van der Waals surface area contributed by atoms with Crippen molar-refractivity contribution in [1.29, 1.82) is 0 Å². The number of nitrogens with zero attached hydrogens (tertiary/aromatic N) is 2. The Morgan fingerprint density at radius 3 is 2.26 bits per heavy atom. The lowest BCUT2D eigenvalue weighted by molar-refractivity contribution is -0.274. The second kappa shape index (κ2) is 9.25. The summed E-state index contributed by atoms with van der Waals surface area (Å²) in [6, 6.07) is 13.0. The van der Waals surface area contributed by atoms with Gasteiger partial charge in [0.15, 0.2) is 0 Å². The van der Waals surface area contributed by atoms with E-state index in [9.17, 15) is 33.0 Å². The van der Waals surface area contributed by atoms with Gasteiger partial charge in [-0.1, -0.05) is 42.5 Å². The smallest absolute Gasteiger partial charge is 0.465 e. The first-order valence-electron chi connectivity index (χ1n) is 9.46. The predicted molar refractivity (Wildman–Crippen MR) is 103 cm³/mol. The summed E-state index contributed by atoms with van der Waals surface area (Å²) < 4.78 is 40.5. The lowest BCUT2D eigenvalue weighted by Gasteiger charge is -2.28. The molecular formula is C21H21F3N2O5. The number of amides is 2. The molecule has 1 aliphatic rings. The number of ether oxygens (including phenoxy) is 1. The molecule has 2 amide bonds. The van der Waals surface area contributed by atoms with Crippen molar-refractivity contribution in [3.8, 4) is 5.75 Å². The van der Waals surface area contributed by atoms with Crippen molar-refractivity contribution in [3.63, 3.8) is 0 Å². The van der Waals surface area contributed by atoms with Crippen molar-refractivity contribution < 1.29 is 37.7 Å². The molecule has 2 N–H and O–H groups in total. The Bertz CT molecular complexity index is 905. The molecule has 0 radical (unpaired) electrons. The van der Waals surface area contributed by atoms with Crippen LogP contribution in [0.25, 0.3) is 0 Å². The zero-order valence-electron chi connectivity index (χ0n) is 16.3. The predicted octanol–water partition coefficient (Wildman–Crippen LogP) is 2.88. The summed E-state index contributed by atoms with van der Waals surface area (Å²) in [5.74, 6) is -0.755. The van der Waals surface area contributed by atoms with Gasteiger partial charge in [0.2, 0.25) is 5.91 Å². The van der Waals surface area contributed by atoms with E-state index in [-0.39, 0.29) is 32.0 Å². The first-order chi connectivity index (χ1) is 14.6. The average molecular weight is 438 g/mol. The van der Waals surface area contributed by atoms with Crippen LogP contribution in [0, 0.1) is 0 Å². The Balaban J connectivity index is 1.62. The van der Waals surface area contributed by atoms with Crippen LogP contribution in [0.5, 0.6) is 5.75 Å².